The zero-order valence-electron chi connectivity index (χ0n) is 5.36. The minimum absolute atomic E-state index is 0.0446. The standard InChI is InChI=1S/C6H12BrO/c1-5(2)6(3-7)4-8/h5-6H,3-4H2,1-2H3/t6-/m0/s1. The van der Waals surface area contributed by atoms with Crippen molar-refractivity contribution in [2.45, 2.75) is 13.8 Å². The van der Waals surface area contributed by atoms with E-state index in [4.69, 9.17) is 0 Å². The molecule has 0 heterocycles. The minimum Gasteiger partial charge on any atom is -0.236 e. The molecule has 0 saturated heterocycles. The predicted molar refractivity (Wildman–Crippen MR) is 37.7 cm³/mol. The molecule has 0 aliphatic heterocycles. The summed E-state index contributed by atoms with van der Waals surface area (Å²) in [6, 6.07) is 0. The van der Waals surface area contributed by atoms with E-state index in [1.54, 1.807) is 0 Å². The van der Waals surface area contributed by atoms with Gasteiger partial charge in [0.15, 0.2) is 0 Å². The van der Waals surface area contributed by atoms with Gasteiger partial charge in [-0.1, -0.05) is 29.8 Å². The molecule has 0 N–H and O–H groups in total. The van der Waals surface area contributed by atoms with Crippen LogP contribution in [0.15, 0.2) is 0 Å². The molecule has 0 amide bonds. The van der Waals surface area contributed by atoms with Gasteiger partial charge in [-0.15, -0.1) is 0 Å². The molecule has 0 bridgehead atoms. The summed E-state index contributed by atoms with van der Waals surface area (Å²) in [5, 5.41) is 11.1. The Morgan fingerprint density at radius 3 is 2.00 bits per heavy atom. The van der Waals surface area contributed by atoms with E-state index in [0.29, 0.717) is 11.8 Å². The van der Waals surface area contributed by atoms with Gasteiger partial charge in [-0.05, 0) is 11.8 Å². The number of alkyl halides is 1. The van der Waals surface area contributed by atoms with E-state index < -0.39 is 0 Å². The van der Waals surface area contributed by atoms with Crippen molar-refractivity contribution in [3.8, 4) is 0 Å². The molecule has 2 heteroatoms. The van der Waals surface area contributed by atoms with Crippen LogP contribution in [-0.4, -0.2) is 11.9 Å². The van der Waals surface area contributed by atoms with E-state index in [1.165, 1.54) is 0 Å². The van der Waals surface area contributed by atoms with Crippen LogP contribution in [0.25, 0.3) is 0 Å². The van der Waals surface area contributed by atoms with Crippen molar-refractivity contribution in [2.75, 3.05) is 11.9 Å². The van der Waals surface area contributed by atoms with E-state index in [9.17, 15) is 5.11 Å². The van der Waals surface area contributed by atoms with Crippen molar-refractivity contribution >= 4 is 15.9 Å². The molecule has 0 spiro atoms. The molecule has 1 atom stereocenters. The molecule has 0 aromatic carbocycles. The van der Waals surface area contributed by atoms with Crippen LogP contribution in [0.3, 0.4) is 0 Å². The summed E-state index contributed by atoms with van der Waals surface area (Å²) >= 11 is 3.28. The Kier molecular flexibility index (Phi) is 4.57. The molecule has 0 aromatic heterocycles. The summed E-state index contributed by atoms with van der Waals surface area (Å²) in [6.07, 6.45) is 0. The molecule has 0 saturated carbocycles. The number of rotatable bonds is 3. The lowest BCUT2D eigenvalue weighted by molar-refractivity contribution is 0.132. The lowest BCUT2D eigenvalue weighted by atomic mass is 10.00. The van der Waals surface area contributed by atoms with Crippen LogP contribution < -0.4 is 0 Å². The van der Waals surface area contributed by atoms with Gasteiger partial charge in [-0.3, -0.25) is 0 Å². The Hall–Kier alpha value is 0.440. The van der Waals surface area contributed by atoms with Crippen molar-refractivity contribution in [1.82, 2.24) is 0 Å². The predicted octanol–water partition coefficient (Wildman–Crippen LogP) is 2.08. The van der Waals surface area contributed by atoms with Crippen molar-refractivity contribution in [1.29, 1.82) is 0 Å². The average Bonchev–Trinajstić information content (AvgIpc) is 1.69. The van der Waals surface area contributed by atoms with Gasteiger partial charge in [-0.2, -0.15) is 0 Å². The van der Waals surface area contributed by atoms with Crippen LogP contribution in [-0.2, 0) is 5.11 Å². The van der Waals surface area contributed by atoms with Crippen LogP contribution in [0.1, 0.15) is 13.8 Å². The topological polar surface area (TPSA) is 19.9 Å². The highest BCUT2D eigenvalue weighted by Crippen LogP contribution is 2.11. The minimum atomic E-state index is 0.0446. The number of hydrogen-bond donors (Lipinski definition) is 0. The van der Waals surface area contributed by atoms with E-state index in [1.807, 2.05) is 0 Å². The Morgan fingerprint density at radius 1 is 1.50 bits per heavy atom. The van der Waals surface area contributed by atoms with Gasteiger partial charge in [0.25, 0.3) is 0 Å². The largest absolute Gasteiger partial charge is 0.236 e. The smallest absolute Gasteiger partial charge is 0.0860 e. The molecule has 49 valence electrons. The normalized spacial score (nSPS) is 14.6. The summed E-state index contributed by atoms with van der Waals surface area (Å²) in [5.41, 5.74) is 0. The van der Waals surface area contributed by atoms with Crippen LogP contribution in [0.2, 0.25) is 0 Å². The molecule has 1 nitrogen and oxygen atoms in total. The van der Waals surface area contributed by atoms with Gasteiger partial charge >= 0.3 is 0 Å². The summed E-state index contributed by atoms with van der Waals surface area (Å²) in [6.45, 7) is 4.19. The first-order valence-corrected chi connectivity index (χ1v) is 3.98. The zero-order chi connectivity index (χ0) is 6.57. The molecule has 0 rings (SSSR count). The monoisotopic (exact) mass is 179 g/mol. The third-order valence-electron chi connectivity index (χ3n) is 1.36. The van der Waals surface area contributed by atoms with Crippen molar-refractivity contribution in [3.63, 3.8) is 0 Å². The van der Waals surface area contributed by atoms with Gasteiger partial charge in [0.05, 0.1) is 6.61 Å². The van der Waals surface area contributed by atoms with Crippen LogP contribution in [0.5, 0.6) is 0 Å². The summed E-state index contributed by atoms with van der Waals surface area (Å²) in [7, 11) is 0. The van der Waals surface area contributed by atoms with Gasteiger partial charge in [0, 0.05) is 5.33 Å². The molecule has 0 fully saturated rings. The summed E-state index contributed by atoms with van der Waals surface area (Å²) in [5.74, 6) is 0.835. The van der Waals surface area contributed by atoms with Gasteiger partial charge < -0.3 is 0 Å². The molecule has 1 radical (unpaired) electrons. The molecular weight excluding hydrogens is 168 g/mol. The third kappa shape index (κ3) is 2.68. The fourth-order valence-electron chi connectivity index (χ4n) is 0.415. The Labute approximate surface area is 59.2 Å². The SMILES string of the molecule is CC(C)[C@H](C[O])CBr. The quantitative estimate of drug-likeness (QED) is 0.592. The first kappa shape index (κ1) is 8.44. The van der Waals surface area contributed by atoms with Crippen molar-refractivity contribution < 1.29 is 5.11 Å². The molecule has 8 heavy (non-hydrogen) atoms. The highest BCUT2D eigenvalue weighted by atomic mass is 79.9. The van der Waals surface area contributed by atoms with Crippen LogP contribution >= 0.6 is 15.9 Å². The fourth-order valence-corrected chi connectivity index (χ4v) is 1.35. The van der Waals surface area contributed by atoms with E-state index in [-0.39, 0.29) is 6.61 Å². The summed E-state index contributed by atoms with van der Waals surface area (Å²) in [4.78, 5) is 0. The zero-order valence-corrected chi connectivity index (χ0v) is 6.94. The second-order valence-corrected chi connectivity index (χ2v) is 2.97. The Morgan fingerprint density at radius 2 is 2.00 bits per heavy atom. The molecule has 0 unspecified atom stereocenters. The number of hydrogen-bond acceptors (Lipinski definition) is 0. The second kappa shape index (κ2) is 4.33. The van der Waals surface area contributed by atoms with Crippen LogP contribution in [0, 0.1) is 11.8 Å². The maximum absolute atomic E-state index is 10.3. The number of halogens is 1. The lowest BCUT2D eigenvalue weighted by Gasteiger charge is -2.12. The van der Waals surface area contributed by atoms with E-state index in [2.05, 4.69) is 29.8 Å². The molecular formula is C6H12BrO. The Balaban J connectivity index is 3.35. The maximum Gasteiger partial charge on any atom is 0.0860 e. The average molecular weight is 180 g/mol. The molecule has 0 aliphatic carbocycles. The van der Waals surface area contributed by atoms with Gasteiger partial charge in [-0.25, -0.2) is 5.11 Å². The van der Waals surface area contributed by atoms with Crippen molar-refractivity contribution in [2.24, 2.45) is 11.8 Å². The van der Waals surface area contributed by atoms with E-state index in [0.717, 1.165) is 5.33 Å². The lowest BCUT2D eigenvalue weighted by Crippen LogP contribution is -2.13. The Bertz CT molecular complexity index is 50.5. The van der Waals surface area contributed by atoms with Crippen molar-refractivity contribution in [3.05, 3.63) is 0 Å². The molecule has 0 aliphatic rings. The highest BCUT2D eigenvalue weighted by molar-refractivity contribution is 9.09. The third-order valence-corrected chi connectivity index (χ3v) is 2.19. The molecule has 0 aromatic rings. The second-order valence-electron chi connectivity index (χ2n) is 2.33. The summed E-state index contributed by atoms with van der Waals surface area (Å²) < 4.78 is 0. The first-order valence-electron chi connectivity index (χ1n) is 2.86. The van der Waals surface area contributed by atoms with E-state index >= 15 is 0 Å². The fraction of sp³-hybridized carbons (Fsp3) is 1.00. The first-order chi connectivity index (χ1) is 3.72. The van der Waals surface area contributed by atoms with Gasteiger partial charge in [0.1, 0.15) is 0 Å². The highest BCUT2D eigenvalue weighted by Gasteiger charge is 2.09. The van der Waals surface area contributed by atoms with Crippen LogP contribution in [0.4, 0.5) is 0 Å². The van der Waals surface area contributed by atoms with Gasteiger partial charge in [0.2, 0.25) is 0 Å². The maximum atomic E-state index is 10.3.